The molecule has 1 aliphatic rings. The van der Waals surface area contributed by atoms with E-state index in [2.05, 4.69) is 12.2 Å². The summed E-state index contributed by atoms with van der Waals surface area (Å²) >= 11 is 0. The molecular weight excluding hydrogens is 364 g/mol. The minimum Gasteiger partial charge on any atom is -0.378 e. The summed E-state index contributed by atoms with van der Waals surface area (Å²) in [5.41, 5.74) is 2.16. The average Bonchev–Trinajstić information content (AvgIpc) is 2.69. The fourth-order valence-electron chi connectivity index (χ4n) is 3.03. The van der Waals surface area contributed by atoms with Crippen molar-refractivity contribution in [2.45, 2.75) is 31.2 Å². The van der Waals surface area contributed by atoms with Gasteiger partial charge in [-0.15, -0.1) is 0 Å². The van der Waals surface area contributed by atoms with Crippen LogP contribution in [-0.2, 0) is 21.2 Å². The molecule has 0 aliphatic carbocycles. The number of rotatable bonds is 5. The van der Waals surface area contributed by atoms with Gasteiger partial charge in [0.05, 0.1) is 18.1 Å². The summed E-state index contributed by atoms with van der Waals surface area (Å²) < 4.78 is 32.6. The van der Waals surface area contributed by atoms with Crippen molar-refractivity contribution >= 4 is 21.6 Å². The lowest BCUT2D eigenvalue weighted by atomic mass is 10.1. The van der Waals surface area contributed by atoms with Crippen molar-refractivity contribution < 1.29 is 17.9 Å². The van der Waals surface area contributed by atoms with Gasteiger partial charge in [0.25, 0.3) is 5.91 Å². The van der Waals surface area contributed by atoms with Gasteiger partial charge in [-0.25, -0.2) is 8.42 Å². The van der Waals surface area contributed by atoms with Crippen LogP contribution in [0, 0.1) is 0 Å². The minimum absolute atomic E-state index is 0.116. The number of benzene rings is 2. The fourth-order valence-corrected chi connectivity index (χ4v) is 4.68. The Bertz CT molecular complexity index is 910. The number of hydrogen-bond donors (Lipinski definition) is 1. The number of carbonyl (C=O) groups excluding carboxylic acids is 1. The van der Waals surface area contributed by atoms with E-state index in [4.69, 9.17) is 4.74 Å². The number of aryl methyl sites for hydroxylation is 1. The largest absolute Gasteiger partial charge is 0.378 e. The zero-order chi connectivity index (χ0) is 19.4. The molecule has 1 saturated heterocycles. The second kappa shape index (κ2) is 8.21. The molecule has 3 rings (SSSR count). The number of hydrogen-bond acceptors (Lipinski definition) is 4. The van der Waals surface area contributed by atoms with Crippen molar-refractivity contribution in [1.29, 1.82) is 0 Å². The molecule has 1 heterocycles. The van der Waals surface area contributed by atoms with E-state index in [1.54, 1.807) is 12.1 Å². The number of morpholine rings is 1. The molecule has 6 nitrogen and oxygen atoms in total. The van der Waals surface area contributed by atoms with Crippen LogP contribution in [0.4, 0.5) is 5.69 Å². The van der Waals surface area contributed by atoms with Crippen LogP contribution in [0.3, 0.4) is 0 Å². The molecule has 144 valence electrons. The van der Waals surface area contributed by atoms with Crippen molar-refractivity contribution in [3.63, 3.8) is 0 Å². The maximum absolute atomic E-state index is 12.9. The van der Waals surface area contributed by atoms with Crippen molar-refractivity contribution in [1.82, 2.24) is 4.31 Å². The summed E-state index contributed by atoms with van der Waals surface area (Å²) in [4.78, 5) is 12.7. The Morgan fingerprint density at radius 3 is 2.63 bits per heavy atom. The smallest absolute Gasteiger partial charge is 0.255 e. The molecule has 0 radical (unpaired) electrons. The van der Waals surface area contributed by atoms with Crippen LogP contribution in [-0.4, -0.2) is 44.4 Å². The third-order valence-corrected chi connectivity index (χ3v) is 6.64. The maximum atomic E-state index is 12.9. The summed E-state index contributed by atoms with van der Waals surface area (Å²) in [5.74, 6) is -0.341. The predicted molar refractivity (Wildman–Crippen MR) is 104 cm³/mol. The molecule has 1 N–H and O–H groups in total. The van der Waals surface area contributed by atoms with Gasteiger partial charge in [0.1, 0.15) is 0 Å². The number of amides is 1. The minimum atomic E-state index is -3.68. The van der Waals surface area contributed by atoms with Crippen molar-refractivity contribution in [2.75, 3.05) is 25.1 Å². The molecule has 1 fully saturated rings. The first-order chi connectivity index (χ1) is 12.9. The zero-order valence-electron chi connectivity index (χ0n) is 15.5. The van der Waals surface area contributed by atoms with E-state index in [9.17, 15) is 13.2 Å². The number of carbonyl (C=O) groups is 1. The second-order valence-corrected chi connectivity index (χ2v) is 8.46. The maximum Gasteiger partial charge on any atom is 0.255 e. The Balaban J connectivity index is 1.80. The molecule has 1 amide bonds. The summed E-state index contributed by atoms with van der Waals surface area (Å²) in [6, 6.07) is 13.5. The van der Waals surface area contributed by atoms with Crippen LogP contribution in [0.1, 0.15) is 29.8 Å². The highest BCUT2D eigenvalue weighted by Gasteiger charge is 2.31. The van der Waals surface area contributed by atoms with E-state index < -0.39 is 10.0 Å². The number of anilines is 1. The number of sulfonamides is 1. The Morgan fingerprint density at radius 1 is 1.22 bits per heavy atom. The first-order valence-electron chi connectivity index (χ1n) is 9.01. The van der Waals surface area contributed by atoms with E-state index in [0.29, 0.717) is 31.0 Å². The highest BCUT2D eigenvalue weighted by molar-refractivity contribution is 7.89. The van der Waals surface area contributed by atoms with Gasteiger partial charge in [-0.1, -0.05) is 25.1 Å². The van der Waals surface area contributed by atoms with Crippen LogP contribution in [0.15, 0.2) is 53.4 Å². The Morgan fingerprint density at radius 2 is 1.96 bits per heavy atom. The van der Waals surface area contributed by atoms with Gasteiger partial charge in [-0.3, -0.25) is 4.79 Å². The summed E-state index contributed by atoms with van der Waals surface area (Å²) in [6.07, 6.45) is 0.925. The van der Waals surface area contributed by atoms with Crippen molar-refractivity contribution in [3.05, 3.63) is 59.7 Å². The number of ether oxygens (including phenoxy) is 1. The van der Waals surface area contributed by atoms with Crippen molar-refractivity contribution in [3.8, 4) is 0 Å². The van der Waals surface area contributed by atoms with Crippen LogP contribution in [0.5, 0.6) is 0 Å². The first kappa shape index (κ1) is 19.5. The highest BCUT2D eigenvalue weighted by atomic mass is 32.2. The molecule has 2 aromatic carbocycles. The Kier molecular flexibility index (Phi) is 5.94. The van der Waals surface area contributed by atoms with E-state index in [1.165, 1.54) is 22.0 Å². The standard InChI is InChI=1S/C20H24N2O4S/c1-3-16-7-9-18(10-8-16)21-20(23)17-5-4-6-19(13-17)27(24,25)22-11-12-26-14-15(22)2/h4-10,13,15H,3,11-12,14H2,1-2H3,(H,21,23). The molecule has 27 heavy (non-hydrogen) atoms. The fraction of sp³-hybridized carbons (Fsp3) is 0.350. The molecule has 1 atom stereocenters. The number of nitrogens with zero attached hydrogens (tertiary/aromatic N) is 1. The molecule has 2 aromatic rings. The van der Waals surface area contributed by atoms with Crippen LogP contribution in [0.25, 0.3) is 0 Å². The predicted octanol–water partition coefficient (Wildman–Crippen LogP) is 2.91. The molecule has 7 heteroatoms. The van der Waals surface area contributed by atoms with Gasteiger partial charge >= 0.3 is 0 Å². The van der Waals surface area contributed by atoms with Crippen LogP contribution >= 0.6 is 0 Å². The summed E-state index contributed by atoms with van der Waals surface area (Å²) in [6.45, 7) is 4.93. The highest BCUT2D eigenvalue weighted by Crippen LogP contribution is 2.22. The lowest BCUT2D eigenvalue weighted by molar-refractivity contribution is 0.0393. The molecule has 0 spiro atoms. The Labute approximate surface area is 160 Å². The van der Waals surface area contributed by atoms with E-state index in [1.807, 2.05) is 31.2 Å². The normalized spacial score (nSPS) is 18.2. The molecule has 0 saturated carbocycles. The molecule has 0 bridgehead atoms. The van der Waals surface area contributed by atoms with E-state index >= 15 is 0 Å². The summed E-state index contributed by atoms with van der Waals surface area (Å²) in [7, 11) is -3.68. The third kappa shape index (κ3) is 4.37. The zero-order valence-corrected chi connectivity index (χ0v) is 16.3. The third-order valence-electron chi connectivity index (χ3n) is 4.63. The lowest BCUT2D eigenvalue weighted by Gasteiger charge is -2.32. The molecule has 0 aromatic heterocycles. The quantitative estimate of drug-likeness (QED) is 0.855. The Hall–Kier alpha value is -2.22. The molecule has 1 unspecified atom stereocenters. The van der Waals surface area contributed by atoms with E-state index in [-0.39, 0.29) is 16.8 Å². The van der Waals surface area contributed by atoms with Crippen LogP contribution < -0.4 is 5.32 Å². The van der Waals surface area contributed by atoms with Gasteiger partial charge < -0.3 is 10.1 Å². The lowest BCUT2D eigenvalue weighted by Crippen LogP contribution is -2.46. The SMILES string of the molecule is CCc1ccc(NC(=O)c2cccc(S(=O)(=O)N3CCOCC3C)c2)cc1. The average molecular weight is 388 g/mol. The van der Waals surface area contributed by atoms with E-state index in [0.717, 1.165) is 6.42 Å². The second-order valence-electron chi connectivity index (χ2n) is 6.57. The summed E-state index contributed by atoms with van der Waals surface area (Å²) in [5, 5.41) is 2.81. The number of nitrogens with one attached hydrogen (secondary N) is 1. The van der Waals surface area contributed by atoms with Gasteiger partial charge in [-0.2, -0.15) is 4.31 Å². The van der Waals surface area contributed by atoms with Crippen molar-refractivity contribution in [2.24, 2.45) is 0 Å². The van der Waals surface area contributed by atoms with Gasteiger partial charge in [0, 0.05) is 23.8 Å². The van der Waals surface area contributed by atoms with Gasteiger partial charge in [0.2, 0.25) is 10.0 Å². The van der Waals surface area contributed by atoms with Crippen LogP contribution in [0.2, 0.25) is 0 Å². The molecular formula is C20H24N2O4S. The monoisotopic (exact) mass is 388 g/mol. The topological polar surface area (TPSA) is 75.7 Å². The van der Waals surface area contributed by atoms with Gasteiger partial charge in [0.15, 0.2) is 0 Å². The first-order valence-corrected chi connectivity index (χ1v) is 10.5. The van der Waals surface area contributed by atoms with Gasteiger partial charge in [-0.05, 0) is 49.2 Å². The molecule has 1 aliphatic heterocycles.